The molecule has 1 aliphatic heterocycles. The molecule has 1 atom stereocenters. The van der Waals surface area contributed by atoms with Crippen molar-refractivity contribution >= 4 is 21.9 Å². The minimum atomic E-state index is -1.07. The predicted molar refractivity (Wildman–Crippen MR) is 58.8 cm³/mol. The Hall–Kier alpha value is -1.29. The minimum absolute atomic E-state index is 0.403. The molecule has 1 heterocycles. The molecule has 0 aromatic heterocycles. The topological polar surface area (TPSA) is 35.5 Å². The average Bonchev–Trinajstić information content (AvgIpc) is 2.20. The van der Waals surface area contributed by atoms with Crippen molar-refractivity contribution in [2.24, 2.45) is 0 Å². The molecule has 0 radical (unpaired) electrons. The molecule has 1 aromatic rings. The van der Waals surface area contributed by atoms with Gasteiger partial charge in [0, 0.05) is 11.4 Å². The second-order valence-electron chi connectivity index (χ2n) is 3.35. The van der Waals surface area contributed by atoms with Crippen molar-refractivity contribution in [3.05, 3.63) is 40.9 Å². The third-order valence-corrected chi connectivity index (χ3v) is 2.63. The van der Waals surface area contributed by atoms with Gasteiger partial charge in [-0.2, -0.15) is 0 Å². The lowest BCUT2D eigenvalue weighted by Gasteiger charge is -2.32. The first-order chi connectivity index (χ1) is 7.04. The Bertz CT molecular complexity index is 441. The molecule has 1 aliphatic rings. The van der Waals surface area contributed by atoms with Crippen LogP contribution in [0, 0.1) is 0 Å². The van der Waals surface area contributed by atoms with Crippen LogP contribution < -0.4 is 4.74 Å². The van der Waals surface area contributed by atoms with E-state index in [1.807, 2.05) is 0 Å². The first-order valence-electron chi connectivity index (χ1n) is 4.39. The van der Waals surface area contributed by atoms with Crippen LogP contribution in [0.5, 0.6) is 5.75 Å². The van der Waals surface area contributed by atoms with Crippen molar-refractivity contribution in [1.29, 1.82) is 0 Å². The summed E-state index contributed by atoms with van der Waals surface area (Å²) in [4.78, 5) is 11.6. The van der Waals surface area contributed by atoms with Gasteiger partial charge in [-0.1, -0.05) is 22.5 Å². The summed E-state index contributed by atoms with van der Waals surface area (Å²) in [6.07, 6.45) is 1.45. The molecule has 78 valence electrons. The van der Waals surface area contributed by atoms with Gasteiger partial charge in [0.05, 0.1) is 0 Å². The number of carbonyl (C=O) groups is 1. The molecule has 0 aliphatic carbocycles. The van der Waals surface area contributed by atoms with Crippen LogP contribution in [0.3, 0.4) is 0 Å². The van der Waals surface area contributed by atoms with Crippen molar-refractivity contribution in [3.8, 4) is 5.75 Å². The first kappa shape index (κ1) is 10.2. The molecule has 0 N–H and O–H groups in total. The Labute approximate surface area is 95.8 Å². The van der Waals surface area contributed by atoms with E-state index in [4.69, 9.17) is 9.47 Å². The predicted octanol–water partition coefficient (Wildman–Crippen LogP) is 2.90. The van der Waals surface area contributed by atoms with Gasteiger partial charge in [0.2, 0.25) is 0 Å². The van der Waals surface area contributed by atoms with Crippen LogP contribution in [0.2, 0.25) is 0 Å². The van der Waals surface area contributed by atoms with Crippen LogP contribution in [0.15, 0.2) is 35.3 Å². The maximum atomic E-state index is 11.6. The van der Waals surface area contributed by atoms with E-state index in [2.05, 4.69) is 22.5 Å². The number of hydrogen-bond donors (Lipinski definition) is 0. The Balaban J connectivity index is 2.50. The molecule has 0 bridgehead atoms. The molecule has 2 rings (SSSR count). The quantitative estimate of drug-likeness (QED) is 0.581. The van der Waals surface area contributed by atoms with Crippen molar-refractivity contribution in [1.82, 2.24) is 0 Å². The fraction of sp³-hybridized carbons (Fsp3) is 0.182. The van der Waals surface area contributed by atoms with E-state index in [1.54, 1.807) is 25.1 Å². The van der Waals surface area contributed by atoms with Crippen molar-refractivity contribution in [2.45, 2.75) is 12.7 Å². The van der Waals surface area contributed by atoms with Gasteiger partial charge in [0.25, 0.3) is 5.79 Å². The lowest BCUT2D eigenvalue weighted by molar-refractivity contribution is -0.105. The summed E-state index contributed by atoms with van der Waals surface area (Å²) in [6.45, 7) is 5.21. The van der Waals surface area contributed by atoms with Crippen LogP contribution in [-0.4, -0.2) is 11.8 Å². The third-order valence-electron chi connectivity index (χ3n) is 2.14. The highest BCUT2D eigenvalue weighted by molar-refractivity contribution is 9.10. The molecule has 15 heavy (non-hydrogen) atoms. The van der Waals surface area contributed by atoms with Crippen LogP contribution in [0.25, 0.3) is 0 Å². The minimum Gasteiger partial charge on any atom is -0.448 e. The lowest BCUT2D eigenvalue weighted by Crippen LogP contribution is -2.39. The molecule has 0 amide bonds. The molecule has 1 aromatic carbocycles. The third kappa shape index (κ3) is 1.77. The number of ether oxygens (including phenoxy) is 2. The molecule has 0 spiro atoms. The fourth-order valence-electron chi connectivity index (χ4n) is 1.31. The number of carbonyl (C=O) groups excluding carboxylic acids is 1. The summed E-state index contributed by atoms with van der Waals surface area (Å²) in [7, 11) is 0. The molecule has 0 saturated carbocycles. The highest BCUT2D eigenvalue weighted by atomic mass is 79.9. The van der Waals surface area contributed by atoms with Gasteiger partial charge >= 0.3 is 5.97 Å². The number of cyclic esters (lactones) is 1. The van der Waals surface area contributed by atoms with Crippen molar-refractivity contribution in [2.75, 3.05) is 0 Å². The zero-order valence-corrected chi connectivity index (χ0v) is 9.71. The summed E-state index contributed by atoms with van der Waals surface area (Å²) in [5.41, 5.74) is 0.420. The fourth-order valence-corrected chi connectivity index (χ4v) is 1.67. The van der Waals surface area contributed by atoms with E-state index in [-0.39, 0.29) is 0 Å². The highest BCUT2D eigenvalue weighted by Gasteiger charge is 2.35. The standard InChI is InChI=1S/C11H9BrO3/c1-3-11(2)14-9-5-4-7(12)6-8(9)10(13)15-11/h3-6H,1H2,2H3. The van der Waals surface area contributed by atoms with Gasteiger partial charge in [-0.25, -0.2) is 4.79 Å². The molecular weight excluding hydrogens is 260 g/mol. The van der Waals surface area contributed by atoms with Gasteiger partial charge in [0.1, 0.15) is 11.3 Å². The molecular formula is C11H9BrO3. The SMILES string of the molecule is C=CC1(C)OC(=O)c2cc(Br)ccc2O1. The van der Waals surface area contributed by atoms with Crippen molar-refractivity contribution < 1.29 is 14.3 Å². The normalized spacial score (nSPS) is 23.7. The Morgan fingerprint density at radius 3 is 2.87 bits per heavy atom. The number of benzene rings is 1. The molecule has 0 fully saturated rings. The van der Waals surface area contributed by atoms with Gasteiger partial charge in [-0.05, 0) is 24.3 Å². The number of halogens is 1. The lowest BCUT2D eigenvalue weighted by atomic mass is 10.1. The van der Waals surface area contributed by atoms with Crippen LogP contribution in [0.4, 0.5) is 0 Å². The summed E-state index contributed by atoms with van der Waals surface area (Å²) in [5, 5.41) is 0. The van der Waals surface area contributed by atoms with Crippen LogP contribution >= 0.6 is 15.9 Å². The van der Waals surface area contributed by atoms with E-state index in [0.717, 1.165) is 4.47 Å². The number of esters is 1. The van der Waals surface area contributed by atoms with Crippen molar-refractivity contribution in [3.63, 3.8) is 0 Å². The average molecular weight is 269 g/mol. The zero-order valence-electron chi connectivity index (χ0n) is 8.12. The number of rotatable bonds is 1. The molecule has 0 saturated heterocycles. The molecule has 1 unspecified atom stereocenters. The maximum Gasteiger partial charge on any atom is 0.345 e. The van der Waals surface area contributed by atoms with Crippen LogP contribution in [0.1, 0.15) is 17.3 Å². The first-order valence-corrected chi connectivity index (χ1v) is 5.19. The van der Waals surface area contributed by atoms with Gasteiger partial charge in [-0.15, -0.1) is 0 Å². The Kier molecular flexibility index (Phi) is 2.31. The second-order valence-corrected chi connectivity index (χ2v) is 4.27. The Morgan fingerprint density at radius 1 is 1.47 bits per heavy atom. The highest BCUT2D eigenvalue weighted by Crippen LogP contribution is 2.33. The Morgan fingerprint density at radius 2 is 2.20 bits per heavy atom. The summed E-state index contributed by atoms with van der Waals surface area (Å²) in [6, 6.07) is 5.20. The summed E-state index contributed by atoms with van der Waals surface area (Å²) in [5.74, 6) is -0.963. The van der Waals surface area contributed by atoms with E-state index in [9.17, 15) is 4.79 Å². The molecule has 4 heteroatoms. The summed E-state index contributed by atoms with van der Waals surface area (Å²) < 4.78 is 11.4. The van der Waals surface area contributed by atoms with Gasteiger partial charge in [-0.3, -0.25) is 0 Å². The van der Waals surface area contributed by atoms with Gasteiger partial charge < -0.3 is 9.47 Å². The second kappa shape index (κ2) is 3.38. The molecule has 3 nitrogen and oxygen atoms in total. The number of hydrogen-bond acceptors (Lipinski definition) is 3. The largest absolute Gasteiger partial charge is 0.448 e. The van der Waals surface area contributed by atoms with Gasteiger partial charge in [0.15, 0.2) is 0 Å². The zero-order chi connectivity index (χ0) is 11.1. The van der Waals surface area contributed by atoms with E-state index in [0.29, 0.717) is 11.3 Å². The maximum absolute atomic E-state index is 11.6. The smallest absolute Gasteiger partial charge is 0.345 e. The monoisotopic (exact) mass is 268 g/mol. The van der Waals surface area contributed by atoms with Crippen LogP contribution in [-0.2, 0) is 4.74 Å². The van der Waals surface area contributed by atoms with E-state index in [1.165, 1.54) is 6.08 Å². The van der Waals surface area contributed by atoms with E-state index < -0.39 is 11.8 Å². The summed E-state index contributed by atoms with van der Waals surface area (Å²) >= 11 is 3.28. The van der Waals surface area contributed by atoms with E-state index >= 15 is 0 Å². The number of fused-ring (bicyclic) bond motifs is 1.